The summed E-state index contributed by atoms with van der Waals surface area (Å²) in [7, 11) is 0. The van der Waals surface area contributed by atoms with Gasteiger partial charge in [-0.15, -0.1) is 0 Å². The van der Waals surface area contributed by atoms with Gasteiger partial charge in [-0.1, -0.05) is 0 Å². The molecule has 6 nitrogen and oxygen atoms in total. The number of carboxylic acid groups (broad SMARTS) is 1. The van der Waals surface area contributed by atoms with Crippen LogP contribution in [0.2, 0.25) is 0 Å². The topological polar surface area (TPSA) is 77.2 Å². The van der Waals surface area contributed by atoms with E-state index in [4.69, 9.17) is 9.84 Å². The van der Waals surface area contributed by atoms with E-state index in [0.29, 0.717) is 4.47 Å². The summed E-state index contributed by atoms with van der Waals surface area (Å²) in [5, 5.41) is 9.07. The van der Waals surface area contributed by atoms with E-state index in [1.807, 2.05) is 0 Å². The minimum atomic E-state index is -1.09. The number of carbonyl (C=O) groups is 1. The highest BCUT2D eigenvalue weighted by Crippen LogP contribution is 2.23. The summed E-state index contributed by atoms with van der Waals surface area (Å²) in [6.45, 7) is 1.77. The van der Waals surface area contributed by atoms with Crippen LogP contribution < -0.4 is 4.74 Å². The molecule has 0 aliphatic rings. The van der Waals surface area contributed by atoms with E-state index in [-0.39, 0.29) is 17.7 Å². The van der Waals surface area contributed by atoms with Gasteiger partial charge in [-0.2, -0.15) is 0 Å². The van der Waals surface area contributed by atoms with Gasteiger partial charge in [0.2, 0.25) is 5.88 Å². The minimum absolute atomic E-state index is 0.0105. The van der Waals surface area contributed by atoms with Crippen LogP contribution in [-0.2, 0) is 0 Å². The Morgan fingerprint density at radius 2 is 2.39 bits per heavy atom. The molecule has 0 saturated carbocycles. The van der Waals surface area contributed by atoms with Gasteiger partial charge in [0, 0.05) is 23.1 Å². The second-order valence-corrected chi connectivity index (χ2v) is 4.45. The highest BCUT2D eigenvalue weighted by molar-refractivity contribution is 9.10. The summed E-state index contributed by atoms with van der Waals surface area (Å²) in [5.74, 6) is -1.01. The van der Waals surface area contributed by atoms with Crippen LogP contribution in [0.3, 0.4) is 0 Å². The number of ether oxygens (including phenoxy) is 1. The number of aromatic nitrogens is 3. The molecule has 2 aromatic heterocycles. The average Bonchev–Trinajstić information content (AvgIpc) is 2.84. The molecule has 18 heavy (non-hydrogen) atoms. The first-order chi connectivity index (χ1) is 8.58. The minimum Gasteiger partial charge on any atom is -0.477 e. The summed E-state index contributed by atoms with van der Waals surface area (Å²) < 4.78 is 7.81. The second-order valence-electron chi connectivity index (χ2n) is 3.54. The van der Waals surface area contributed by atoms with E-state index in [1.165, 1.54) is 12.3 Å². The summed E-state index contributed by atoms with van der Waals surface area (Å²) in [6, 6.07) is 1.45. The maximum absolute atomic E-state index is 11.1. The third kappa shape index (κ3) is 2.67. The van der Waals surface area contributed by atoms with Crippen molar-refractivity contribution in [3.8, 4) is 5.88 Å². The number of nitrogens with zero attached hydrogens (tertiary/aromatic N) is 3. The van der Waals surface area contributed by atoms with E-state index < -0.39 is 5.97 Å². The Labute approximate surface area is 111 Å². The molecule has 0 bridgehead atoms. The molecule has 2 aromatic rings. The van der Waals surface area contributed by atoms with Crippen molar-refractivity contribution in [3.63, 3.8) is 0 Å². The van der Waals surface area contributed by atoms with Crippen molar-refractivity contribution in [2.24, 2.45) is 0 Å². The van der Waals surface area contributed by atoms with Gasteiger partial charge in [-0.25, -0.2) is 14.8 Å². The Morgan fingerprint density at radius 1 is 1.61 bits per heavy atom. The molecule has 1 unspecified atom stereocenters. The first-order valence-electron chi connectivity index (χ1n) is 5.11. The lowest BCUT2D eigenvalue weighted by atomic mass is 10.3. The molecule has 0 radical (unpaired) electrons. The molecular weight excluding hydrogens is 302 g/mol. The van der Waals surface area contributed by atoms with Crippen LogP contribution in [0.25, 0.3) is 0 Å². The van der Waals surface area contributed by atoms with Crippen molar-refractivity contribution in [1.82, 2.24) is 14.5 Å². The number of aromatic carboxylic acids is 1. The summed E-state index contributed by atoms with van der Waals surface area (Å²) in [4.78, 5) is 18.9. The number of halogens is 1. The van der Waals surface area contributed by atoms with Crippen molar-refractivity contribution in [3.05, 3.63) is 41.0 Å². The SMILES string of the molecule is CC(Oc1ncc(Br)cc1C(=O)O)n1ccnc1. The lowest BCUT2D eigenvalue weighted by molar-refractivity contribution is 0.0682. The zero-order valence-electron chi connectivity index (χ0n) is 9.45. The summed E-state index contributed by atoms with van der Waals surface area (Å²) in [5.41, 5.74) is 0.0105. The highest BCUT2D eigenvalue weighted by atomic mass is 79.9. The van der Waals surface area contributed by atoms with Crippen LogP contribution in [0.15, 0.2) is 35.5 Å². The zero-order valence-corrected chi connectivity index (χ0v) is 11.0. The van der Waals surface area contributed by atoms with Crippen molar-refractivity contribution in [2.75, 3.05) is 0 Å². The maximum Gasteiger partial charge on any atom is 0.341 e. The number of hydrogen-bond acceptors (Lipinski definition) is 4. The number of carboxylic acids is 1. The number of rotatable bonds is 4. The van der Waals surface area contributed by atoms with Crippen molar-refractivity contribution >= 4 is 21.9 Å². The molecule has 1 N–H and O–H groups in total. The highest BCUT2D eigenvalue weighted by Gasteiger charge is 2.16. The molecule has 0 aliphatic carbocycles. The quantitative estimate of drug-likeness (QED) is 0.937. The second kappa shape index (κ2) is 5.18. The van der Waals surface area contributed by atoms with Crippen LogP contribution in [0.4, 0.5) is 0 Å². The van der Waals surface area contributed by atoms with Crippen LogP contribution in [0.5, 0.6) is 5.88 Å². The van der Waals surface area contributed by atoms with Gasteiger partial charge in [0.25, 0.3) is 0 Å². The van der Waals surface area contributed by atoms with Crippen LogP contribution >= 0.6 is 15.9 Å². The van der Waals surface area contributed by atoms with E-state index >= 15 is 0 Å². The van der Waals surface area contributed by atoms with E-state index in [0.717, 1.165) is 0 Å². The fourth-order valence-electron chi connectivity index (χ4n) is 1.38. The first-order valence-corrected chi connectivity index (χ1v) is 5.90. The average molecular weight is 312 g/mol. The van der Waals surface area contributed by atoms with Gasteiger partial charge in [-0.3, -0.25) is 0 Å². The number of hydrogen-bond donors (Lipinski definition) is 1. The Hall–Kier alpha value is -1.89. The van der Waals surface area contributed by atoms with Crippen molar-refractivity contribution in [1.29, 1.82) is 0 Å². The van der Waals surface area contributed by atoms with Crippen molar-refractivity contribution in [2.45, 2.75) is 13.2 Å². The largest absolute Gasteiger partial charge is 0.477 e. The molecule has 0 spiro atoms. The third-order valence-corrected chi connectivity index (χ3v) is 2.71. The Morgan fingerprint density at radius 3 is 3.00 bits per heavy atom. The lowest BCUT2D eigenvalue weighted by Crippen LogP contribution is -2.13. The molecule has 2 rings (SSSR count). The molecular formula is C11H10BrN3O3. The molecule has 94 valence electrons. The number of pyridine rings is 1. The normalized spacial score (nSPS) is 12.1. The monoisotopic (exact) mass is 311 g/mol. The summed E-state index contributed by atoms with van der Waals surface area (Å²) >= 11 is 3.17. The molecule has 0 aromatic carbocycles. The van der Waals surface area contributed by atoms with Gasteiger partial charge in [-0.05, 0) is 28.9 Å². The third-order valence-electron chi connectivity index (χ3n) is 2.28. The van der Waals surface area contributed by atoms with E-state index in [9.17, 15) is 4.79 Å². The molecule has 0 saturated heterocycles. The van der Waals surface area contributed by atoms with Crippen LogP contribution in [-0.4, -0.2) is 25.6 Å². The predicted molar refractivity (Wildman–Crippen MR) is 66.5 cm³/mol. The predicted octanol–water partition coefficient (Wildman–Crippen LogP) is 2.34. The Bertz CT molecular complexity index is 557. The van der Waals surface area contributed by atoms with Gasteiger partial charge in [0.1, 0.15) is 5.56 Å². The van der Waals surface area contributed by atoms with E-state index in [2.05, 4.69) is 25.9 Å². The standard InChI is InChI=1S/C11H10BrN3O3/c1-7(15-3-2-13-6-15)18-10-9(11(16)17)4-8(12)5-14-10/h2-7H,1H3,(H,16,17). The molecule has 0 amide bonds. The van der Waals surface area contributed by atoms with Gasteiger partial charge < -0.3 is 14.4 Å². The van der Waals surface area contributed by atoms with Gasteiger partial charge in [0.15, 0.2) is 6.23 Å². The van der Waals surface area contributed by atoms with Crippen molar-refractivity contribution < 1.29 is 14.6 Å². The molecule has 7 heteroatoms. The Kier molecular flexibility index (Phi) is 3.61. The van der Waals surface area contributed by atoms with Gasteiger partial charge in [0.05, 0.1) is 6.33 Å². The van der Waals surface area contributed by atoms with Crippen LogP contribution in [0.1, 0.15) is 23.5 Å². The fourth-order valence-corrected chi connectivity index (χ4v) is 1.71. The number of imidazole rings is 1. The van der Waals surface area contributed by atoms with Crippen LogP contribution in [0, 0.1) is 0 Å². The smallest absolute Gasteiger partial charge is 0.341 e. The maximum atomic E-state index is 11.1. The lowest BCUT2D eigenvalue weighted by Gasteiger charge is -2.16. The fraction of sp³-hybridized carbons (Fsp3) is 0.182. The van der Waals surface area contributed by atoms with E-state index in [1.54, 1.807) is 30.2 Å². The Balaban J connectivity index is 2.26. The van der Waals surface area contributed by atoms with Gasteiger partial charge >= 0.3 is 5.97 Å². The zero-order chi connectivity index (χ0) is 13.1. The molecule has 1 atom stereocenters. The molecule has 0 aliphatic heterocycles. The molecule has 2 heterocycles. The molecule has 0 fully saturated rings. The first kappa shape index (κ1) is 12.6. The summed E-state index contributed by atoms with van der Waals surface area (Å²) in [6.07, 6.45) is 6.03.